The molecule has 2 aromatic heterocycles. The van der Waals surface area contributed by atoms with Crippen LogP contribution >= 0.6 is 0 Å². The molecule has 0 aliphatic rings. The molecule has 0 aliphatic heterocycles. The topological polar surface area (TPSA) is 75.6 Å². The van der Waals surface area contributed by atoms with Crippen molar-refractivity contribution in [2.24, 2.45) is 0 Å². The Morgan fingerprint density at radius 1 is 1.33 bits per heavy atom. The molecular weight excluding hydrogens is 266 g/mol. The zero-order valence-corrected chi connectivity index (χ0v) is 11.6. The van der Waals surface area contributed by atoms with Gasteiger partial charge in [-0.05, 0) is 12.1 Å². The second kappa shape index (κ2) is 6.21. The summed E-state index contributed by atoms with van der Waals surface area (Å²) in [4.78, 5) is 23.1. The minimum atomic E-state index is 0.0484. The SMILES string of the molecule is O=C(CCn1cnc2ccccc21)NCCc1cnc[nH]1. The van der Waals surface area contributed by atoms with Crippen LogP contribution in [-0.2, 0) is 17.8 Å². The molecule has 6 nitrogen and oxygen atoms in total. The number of hydrogen-bond donors (Lipinski definition) is 2. The Morgan fingerprint density at radius 3 is 3.10 bits per heavy atom. The van der Waals surface area contributed by atoms with E-state index in [1.807, 2.05) is 28.8 Å². The number of benzene rings is 1. The van der Waals surface area contributed by atoms with Crippen LogP contribution in [0.5, 0.6) is 0 Å². The molecule has 0 bridgehead atoms. The summed E-state index contributed by atoms with van der Waals surface area (Å²) in [6, 6.07) is 7.92. The van der Waals surface area contributed by atoms with Gasteiger partial charge in [-0.15, -0.1) is 0 Å². The van der Waals surface area contributed by atoms with Gasteiger partial charge in [0.15, 0.2) is 0 Å². The third-order valence-electron chi connectivity index (χ3n) is 3.38. The van der Waals surface area contributed by atoms with Crippen molar-refractivity contribution in [2.45, 2.75) is 19.4 Å². The molecule has 3 rings (SSSR count). The monoisotopic (exact) mass is 283 g/mol. The third-order valence-corrected chi connectivity index (χ3v) is 3.38. The second-order valence-corrected chi connectivity index (χ2v) is 4.85. The lowest BCUT2D eigenvalue weighted by Crippen LogP contribution is -2.26. The van der Waals surface area contributed by atoms with Crippen LogP contribution in [0, 0.1) is 0 Å². The zero-order valence-electron chi connectivity index (χ0n) is 11.6. The highest BCUT2D eigenvalue weighted by Gasteiger charge is 2.05. The fourth-order valence-electron chi connectivity index (χ4n) is 2.26. The molecule has 0 saturated heterocycles. The number of nitrogens with one attached hydrogen (secondary N) is 2. The first kappa shape index (κ1) is 13.4. The average Bonchev–Trinajstić information content (AvgIpc) is 3.14. The second-order valence-electron chi connectivity index (χ2n) is 4.85. The normalized spacial score (nSPS) is 10.9. The van der Waals surface area contributed by atoms with E-state index >= 15 is 0 Å². The fraction of sp³-hybridized carbons (Fsp3) is 0.267. The number of amides is 1. The number of carbonyl (C=O) groups is 1. The molecule has 0 fully saturated rings. The number of carbonyl (C=O) groups excluding carboxylic acids is 1. The first-order valence-corrected chi connectivity index (χ1v) is 6.97. The van der Waals surface area contributed by atoms with Crippen LogP contribution in [0.25, 0.3) is 11.0 Å². The predicted molar refractivity (Wildman–Crippen MR) is 79.7 cm³/mol. The zero-order chi connectivity index (χ0) is 14.5. The maximum Gasteiger partial charge on any atom is 0.221 e. The predicted octanol–water partition coefficient (Wildman–Crippen LogP) is 1.51. The number of aryl methyl sites for hydroxylation is 1. The molecule has 108 valence electrons. The van der Waals surface area contributed by atoms with Gasteiger partial charge in [-0.3, -0.25) is 4.79 Å². The maximum absolute atomic E-state index is 11.8. The summed E-state index contributed by atoms with van der Waals surface area (Å²) in [5.41, 5.74) is 3.04. The molecule has 0 atom stereocenters. The molecule has 6 heteroatoms. The highest BCUT2D eigenvalue weighted by atomic mass is 16.1. The number of fused-ring (bicyclic) bond motifs is 1. The number of aromatic nitrogens is 4. The number of imidazole rings is 2. The van der Waals surface area contributed by atoms with Gasteiger partial charge in [-0.25, -0.2) is 9.97 Å². The summed E-state index contributed by atoms with van der Waals surface area (Å²) in [5, 5.41) is 2.91. The van der Waals surface area contributed by atoms with Crippen LogP contribution < -0.4 is 5.32 Å². The van der Waals surface area contributed by atoms with E-state index in [9.17, 15) is 4.79 Å². The molecule has 1 aromatic carbocycles. The molecule has 1 amide bonds. The third kappa shape index (κ3) is 3.28. The Kier molecular flexibility index (Phi) is 3.95. The number of rotatable bonds is 6. The van der Waals surface area contributed by atoms with Gasteiger partial charge in [0.2, 0.25) is 5.91 Å². The van der Waals surface area contributed by atoms with E-state index in [0.717, 1.165) is 23.1 Å². The lowest BCUT2D eigenvalue weighted by atomic mass is 10.3. The average molecular weight is 283 g/mol. The molecule has 2 heterocycles. The lowest BCUT2D eigenvalue weighted by molar-refractivity contribution is -0.121. The van der Waals surface area contributed by atoms with Crippen molar-refractivity contribution in [3.05, 3.63) is 48.8 Å². The van der Waals surface area contributed by atoms with Crippen LogP contribution in [-0.4, -0.2) is 32.0 Å². The summed E-state index contributed by atoms with van der Waals surface area (Å²) in [5.74, 6) is 0.0484. The Balaban J connectivity index is 1.47. The van der Waals surface area contributed by atoms with Gasteiger partial charge >= 0.3 is 0 Å². The van der Waals surface area contributed by atoms with Crippen LogP contribution in [0.3, 0.4) is 0 Å². The number of hydrogen-bond acceptors (Lipinski definition) is 3. The number of para-hydroxylation sites is 2. The van der Waals surface area contributed by atoms with Gasteiger partial charge in [0.1, 0.15) is 0 Å². The summed E-state index contributed by atoms with van der Waals surface area (Å²) in [6.45, 7) is 1.25. The van der Waals surface area contributed by atoms with Gasteiger partial charge in [-0.1, -0.05) is 12.1 Å². The van der Waals surface area contributed by atoms with Crippen LogP contribution in [0.15, 0.2) is 43.1 Å². The van der Waals surface area contributed by atoms with Crippen LogP contribution in [0.2, 0.25) is 0 Å². The van der Waals surface area contributed by atoms with Crippen molar-refractivity contribution in [3.63, 3.8) is 0 Å². The minimum Gasteiger partial charge on any atom is -0.356 e. The van der Waals surface area contributed by atoms with E-state index in [1.54, 1.807) is 18.9 Å². The van der Waals surface area contributed by atoms with E-state index in [1.165, 1.54) is 0 Å². The highest BCUT2D eigenvalue weighted by molar-refractivity contribution is 5.77. The van der Waals surface area contributed by atoms with E-state index in [4.69, 9.17) is 0 Å². The molecule has 2 N–H and O–H groups in total. The van der Waals surface area contributed by atoms with Crippen LogP contribution in [0.1, 0.15) is 12.1 Å². The Morgan fingerprint density at radius 2 is 2.24 bits per heavy atom. The van der Waals surface area contributed by atoms with Crippen molar-refractivity contribution in [1.29, 1.82) is 0 Å². The number of H-pyrrole nitrogens is 1. The van der Waals surface area contributed by atoms with Crippen molar-refractivity contribution in [1.82, 2.24) is 24.8 Å². The minimum absolute atomic E-state index is 0.0484. The van der Waals surface area contributed by atoms with Gasteiger partial charge < -0.3 is 14.9 Å². The summed E-state index contributed by atoms with van der Waals surface area (Å²) < 4.78 is 2.00. The van der Waals surface area contributed by atoms with E-state index in [-0.39, 0.29) is 5.91 Å². The van der Waals surface area contributed by atoms with Crippen molar-refractivity contribution in [2.75, 3.05) is 6.54 Å². The summed E-state index contributed by atoms with van der Waals surface area (Å²) in [6.07, 6.45) is 6.40. The van der Waals surface area contributed by atoms with Crippen molar-refractivity contribution >= 4 is 16.9 Å². The molecular formula is C15H17N5O. The Hall–Kier alpha value is -2.63. The number of aromatic amines is 1. The molecule has 0 spiro atoms. The summed E-state index contributed by atoms with van der Waals surface area (Å²) >= 11 is 0. The highest BCUT2D eigenvalue weighted by Crippen LogP contribution is 2.11. The van der Waals surface area contributed by atoms with Crippen LogP contribution in [0.4, 0.5) is 0 Å². The van der Waals surface area contributed by atoms with Gasteiger partial charge in [0, 0.05) is 37.8 Å². The van der Waals surface area contributed by atoms with Gasteiger partial charge in [0.05, 0.1) is 23.7 Å². The van der Waals surface area contributed by atoms with E-state index in [2.05, 4.69) is 20.3 Å². The molecule has 0 aliphatic carbocycles. The van der Waals surface area contributed by atoms with E-state index < -0.39 is 0 Å². The quantitative estimate of drug-likeness (QED) is 0.720. The maximum atomic E-state index is 11.8. The molecule has 0 radical (unpaired) electrons. The first-order chi connectivity index (χ1) is 10.3. The van der Waals surface area contributed by atoms with Crippen molar-refractivity contribution < 1.29 is 4.79 Å². The summed E-state index contributed by atoms with van der Waals surface area (Å²) in [7, 11) is 0. The first-order valence-electron chi connectivity index (χ1n) is 6.97. The molecule has 0 unspecified atom stereocenters. The van der Waals surface area contributed by atoms with Gasteiger partial charge in [0.25, 0.3) is 0 Å². The Bertz CT molecular complexity index is 717. The molecule has 0 saturated carbocycles. The van der Waals surface area contributed by atoms with Gasteiger partial charge in [-0.2, -0.15) is 0 Å². The number of nitrogens with zero attached hydrogens (tertiary/aromatic N) is 3. The smallest absolute Gasteiger partial charge is 0.221 e. The largest absolute Gasteiger partial charge is 0.356 e. The standard InChI is InChI=1S/C15H17N5O/c21-15(17-7-5-12-9-16-10-18-12)6-8-20-11-19-13-3-1-2-4-14(13)20/h1-4,9-11H,5-8H2,(H,16,18)(H,17,21). The fourth-order valence-corrected chi connectivity index (χ4v) is 2.26. The molecule has 3 aromatic rings. The Labute approximate surface area is 122 Å². The van der Waals surface area contributed by atoms with E-state index in [0.29, 0.717) is 19.5 Å². The lowest BCUT2D eigenvalue weighted by Gasteiger charge is -2.06. The molecule has 21 heavy (non-hydrogen) atoms. The van der Waals surface area contributed by atoms with Crippen molar-refractivity contribution in [3.8, 4) is 0 Å².